The lowest BCUT2D eigenvalue weighted by atomic mass is 9.81. The molecule has 0 radical (unpaired) electrons. The van der Waals surface area contributed by atoms with Gasteiger partial charge in [-0.25, -0.2) is 0 Å². The van der Waals surface area contributed by atoms with Crippen molar-refractivity contribution < 1.29 is 0 Å². The van der Waals surface area contributed by atoms with E-state index < -0.39 is 0 Å². The van der Waals surface area contributed by atoms with E-state index >= 15 is 0 Å². The van der Waals surface area contributed by atoms with Crippen LogP contribution in [0.1, 0.15) is 58.3 Å². The van der Waals surface area contributed by atoms with E-state index in [0.717, 1.165) is 17.9 Å². The average molecular weight is 238 g/mol. The highest BCUT2D eigenvalue weighted by molar-refractivity contribution is 4.75. The van der Waals surface area contributed by atoms with Crippen molar-refractivity contribution in [3.05, 3.63) is 0 Å². The van der Waals surface area contributed by atoms with Crippen molar-refractivity contribution in [2.24, 2.45) is 11.8 Å². The van der Waals surface area contributed by atoms with Crippen molar-refractivity contribution in [1.29, 1.82) is 0 Å². The standard InChI is InChI=1S/C15H30N2/c1-13-5-4-6-14(11-13)8-10-16-12-15-7-2-3-9-17-15/h13-17H,2-12H2,1H3. The predicted octanol–water partition coefficient (Wildman–Crippen LogP) is 2.93. The second-order valence-corrected chi connectivity index (χ2v) is 6.28. The zero-order valence-corrected chi connectivity index (χ0v) is 11.5. The van der Waals surface area contributed by atoms with Crippen LogP contribution in [0.25, 0.3) is 0 Å². The summed E-state index contributed by atoms with van der Waals surface area (Å²) >= 11 is 0. The summed E-state index contributed by atoms with van der Waals surface area (Å²) in [5, 5.41) is 7.26. The number of piperidine rings is 1. The molecule has 0 aromatic carbocycles. The van der Waals surface area contributed by atoms with E-state index in [9.17, 15) is 0 Å². The maximum atomic E-state index is 3.65. The van der Waals surface area contributed by atoms with Crippen LogP contribution in [0.5, 0.6) is 0 Å². The van der Waals surface area contributed by atoms with Crippen molar-refractivity contribution in [2.45, 2.75) is 64.3 Å². The van der Waals surface area contributed by atoms with E-state index in [2.05, 4.69) is 17.6 Å². The molecule has 0 spiro atoms. The molecule has 2 aliphatic rings. The Balaban J connectivity index is 1.50. The van der Waals surface area contributed by atoms with Gasteiger partial charge in [0.1, 0.15) is 0 Å². The number of hydrogen-bond acceptors (Lipinski definition) is 2. The minimum Gasteiger partial charge on any atom is -0.315 e. The number of hydrogen-bond donors (Lipinski definition) is 2. The summed E-state index contributed by atoms with van der Waals surface area (Å²) in [6.45, 7) is 6.07. The van der Waals surface area contributed by atoms with Crippen LogP contribution in [0.3, 0.4) is 0 Å². The lowest BCUT2D eigenvalue weighted by molar-refractivity contribution is 0.265. The highest BCUT2D eigenvalue weighted by Gasteiger charge is 2.18. The summed E-state index contributed by atoms with van der Waals surface area (Å²) in [6.07, 6.45) is 11.4. The second kappa shape index (κ2) is 7.38. The Hall–Kier alpha value is -0.0800. The highest BCUT2D eigenvalue weighted by Crippen LogP contribution is 2.30. The number of rotatable bonds is 5. The van der Waals surface area contributed by atoms with Gasteiger partial charge in [-0.05, 0) is 50.6 Å². The third-order valence-electron chi connectivity index (χ3n) is 4.58. The van der Waals surface area contributed by atoms with Gasteiger partial charge in [0.25, 0.3) is 0 Å². The molecule has 2 nitrogen and oxygen atoms in total. The van der Waals surface area contributed by atoms with Crippen molar-refractivity contribution in [3.63, 3.8) is 0 Å². The van der Waals surface area contributed by atoms with Crippen molar-refractivity contribution >= 4 is 0 Å². The van der Waals surface area contributed by atoms with Crippen molar-refractivity contribution in [3.8, 4) is 0 Å². The molecule has 1 saturated carbocycles. The molecule has 1 saturated heterocycles. The lowest BCUT2D eigenvalue weighted by Crippen LogP contribution is -2.42. The summed E-state index contributed by atoms with van der Waals surface area (Å²) in [7, 11) is 0. The van der Waals surface area contributed by atoms with Gasteiger partial charge in [0.15, 0.2) is 0 Å². The molecular formula is C15H30N2. The van der Waals surface area contributed by atoms with Crippen molar-refractivity contribution in [1.82, 2.24) is 10.6 Å². The Labute approximate surface area is 107 Å². The zero-order chi connectivity index (χ0) is 11.9. The Kier molecular flexibility index (Phi) is 5.79. The quantitative estimate of drug-likeness (QED) is 0.720. The monoisotopic (exact) mass is 238 g/mol. The van der Waals surface area contributed by atoms with Crippen molar-refractivity contribution in [2.75, 3.05) is 19.6 Å². The zero-order valence-electron chi connectivity index (χ0n) is 11.5. The molecule has 2 fully saturated rings. The summed E-state index contributed by atoms with van der Waals surface area (Å²) in [5.74, 6) is 1.99. The Morgan fingerprint density at radius 2 is 2.06 bits per heavy atom. The van der Waals surface area contributed by atoms with Crippen LogP contribution in [0.2, 0.25) is 0 Å². The SMILES string of the molecule is CC1CCCC(CCNCC2CCCCN2)C1. The Morgan fingerprint density at radius 1 is 1.12 bits per heavy atom. The van der Waals surface area contributed by atoms with E-state index in [1.54, 1.807) is 0 Å². The van der Waals surface area contributed by atoms with E-state index in [1.165, 1.54) is 71.0 Å². The van der Waals surface area contributed by atoms with Gasteiger partial charge in [-0.15, -0.1) is 0 Å². The Bertz CT molecular complexity index is 199. The van der Waals surface area contributed by atoms with Gasteiger partial charge in [-0.1, -0.05) is 32.6 Å². The van der Waals surface area contributed by atoms with Crippen LogP contribution in [-0.4, -0.2) is 25.7 Å². The first kappa shape index (κ1) is 13.4. The Morgan fingerprint density at radius 3 is 2.82 bits per heavy atom. The van der Waals surface area contributed by atoms with Gasteiger partial charge in [0, 0.05) is 12.6 Å². The molecule has 0 aromatic heterocycles. The summed E-state index contributed by atoms with van der Waals surface area (Å²) in [6, 6.07) is 0.744. The van der Waals surface area contributed by atoms with Crippen LogP contribution in [0, 0.1) is 11.8 Å². The fourth-order valence-electron chi connectivity index (χ4n) is 3.50. The van der Waals surface area contributed by atoms with Crippen LogP contribution >= 0.6 is 0 Å². The molecule has 1 aliphatic carbocycles. The third-order valence-corrected chi connectivity index (χ3v) is 4.58. The second-order valence-electron chi connectivity index (χ2n) is 6.28. The van der Waals surface area contributed by atoms with E-state index in [4.69, 9.17) is 0 Å². The van der Waals surface area contributed by atoms with Gasteiger partial charge >= 0.3 is 0 Å². The molecule has 0 aromatic rings. The molecular weight excluding hydrogens is 208 g/mol. The van der Waals surface area contributed by atoms with Gasteiger partial charge in [0.2, 0.25) is 0 Å². The number of nitrogens with one attached hydrogen (secondary N) is 2. The molecule has 3 unspecified atom stereocenters. The van der Waals surface area contributed by atoms with Gasteiger partial charge in [0.05, 0.1) is 0 Å². The van der Waals surface area contributed by atoms with Crippen LogP contribution in [0.15, 0.2) is 0 Å². The predicted molar refractivity (Wildman–Crippen MR) is 74.3 cm³/mol. The first-order valence-corrected chi connectivity index (χ1v) is 7.78. The smallest absolute Gasteiger partial charge is 0.0192 e. The summed E-state index contributed by atoms with van der Waals surface area (Å²) in [4.78, 5) is 0. The van der Waals surface area contributed by atoms with Crippen LogP contribution < -0.4 is 10.6 Å². The lowest BCUT2D eigenvalue weighted by Gasteiger charge is -2.27. The highest BCUT2D eigenvalue weighted by atomic mass is 15.0. The minimum atomic E-state index is 0.744. The summed E-state index contributed by atoms with van der Waals surface area (Å²) in [5.41, 5.74) is 0. The largest absolute Gasteiger partial charge is 0.315 e. The molecule has 0 bridgehead atoms. The van der Waals surface area contributed by atoms with E-state index in [1.807, 2.05) is 0 Å². The van der Waals surface area contributed by atoms with Gasteiger partial charge in [-0.2, -0.15) is 0 Å². The topological polar surface area (TPSA) is 24.1 Å². The third kappa shape index (κ3) is 4.97. The molecule has 3 atom stereocenters. The molecule has 17 heavy (non-hydrogen) atoms. The maximum absolute atomic E-state index is 3.65. The van der Waals surface area contributed by atoms with Gasteiger partial charge in [-0.3, -0.25) is 0 Å². The van der Waals surface area contributed by atoms with E-state index in [-0.39, 0.29) is 0 Å². The minimum absolute atomic E-state index is 0.744. The maximum Gasteiger partial charge on any atom is 0.0192 e. The van der Waals surface area contributed by atoms with Gasteiger partial charge < -0.3 is 10.6 Å². The first-order valence-electron chi connectivity index (χ1n) is 7.78. The fourth-order valence-corrected chi connectivity index (χ4v) is 3.50. The first-order chi connectivity index (χ1) is 8.34. The van der Waals surface area contributed by atoms with E-state index in [0.29, 0.717) is 0 Å². The molecule has 2 N–H and O–H groups in total. The van der Waals surface area contributed by atoms with Crippen LogP contribution in [-0.2, 0) is 0 Å². The summed E-state index contributed by atoms with van der Waals surface area (Å²) < 4.78 is 0. The fraction of sp³-hybridized carbons (Fsp3) is 1.00. The molecule has 100 valence electrons. The molecule has 0 amide bonds. The normalized spacial score (nSPS) is 34.8. The molecule has 1 heterocycles. The molecule has 2 heteroatoms. The molecule has 2 rings (SSSR count). The average Bonchev–Trinajstić information content (AvgIpc) is 2.36. The molecule has 1 aliphatic heterocycles. The van der Waals surface area contributed by atoms with Crippen LogP contribution in [0.4, 0.5) is 0 Å².